The fourth-order valence-corrected chi connectivity index (χ4v) is 5.43. The van der Waals surface area contributed by atoms with E-state index in [1.165, 1.54) is 10.4 Å². The fourth-order valence-electron chi connectivity index (χ4n) is 4.48. The van der Waals surface area contributed by atoms with E-state index in [0.717, 1.165) is 25.8 Å². The molecule has 0 saturated carbocycles. The van der Waals surface area contributed by atoms with Gasteiger partial charge in [0.1, 0.15) is 0 Å². The van der Waals surface area contributed by atoms with Gasteiger partial charge in [0, 0.05) is 29.4 Å². The van der Waals surface area contributed by atoms with Crippen LogP contribution in [0.1, 0.15) is 35.6 Å². The predicted molar refractivity (Wildman–Crippen MR) is 91.6 cm³/mol. The highest BCUT2D eigenvalue weighted by Crippen LogP contribution is 2.49. The van der Waals surface area contributed by atoms with Gasteiger partial charge in [-0.2, -0.15) is 0 Å². The molecule has 1 aromatic carbocycles. The fraction of sp³-hybridized carbons (Fsp3) is 0.421. The van der Waals surface area contributed by atoms with Gasteiger partial charge in [-0.05, 0) is 36.3 Å². The number of aliphatic carboxylic acids is 1. The first-order valence-corrected chi connectivity index (χ1v) is 9.18. The Morgan fingerprint density at radius 3 is 2.70 bits per heavy atom. The van der Waals surface area contributed by atoms with Crippen molar-refractivity contribution in [1.82, 2.24) is 4.90 Å². The molecule has 4 unspecified atom stereocenters. The van der Waals surface area contributed by atoms with Gasteiger partial charge in [0.25, 0.3) is 0 Å². The highest BCUT2D eigenvalue weighted by Gasteiger charge is 2.50. The molecule has 2 saturated heterocycles. The standard InChI is InChI=1S/C19H21NO2S/c21-19(22)15-11-14-8-9-16(18(15)17-7-4-10-23-17)20(14)12-13-5-2-1-3-6-13/h1-7,10,14-16,18H,8-9,11-12H2,(H,21,22). The first-order chi connectivity index (χ1) is 11.2. The molecule has 0 amide bonds. The lowest BCUT2D eigenvalue weighted by atomic mass is 9.79. The molecular weight excluding hydrogens is 306 g/mol. The predicted octanol–water partition coefficient (Wildman–Crippen LogP) is 3.97. The van der Waals surface area contributed by atoms with Crippen LogP contribution in [0.15, 0.2) is 47.8 Å². The average Bonchev–Trinajstić information content (AvgIpc) is 3.16. The number of rotatable bonds is 4. The van der Waals surface area contributed by atoms with E-state index < -0.39 is 5.97 Å². The molecule has 0 aliphatic carbocycles. The van der Waals surface area contributed by atoms with Crippen molar-refractivity contribution in [3.8, 4) is 0 Å². The van der Waals surface area contributed by atoms with Crippen molar-refractivity contribution in [2.45, 2.75) is 43.8 Å². The molecule has 2 fully saturated rings. The third-order valence-electron chi connectivity index (χ3n) is 5.46. The van der Waals surface area contributed by atoms with Crippen LogP contribution in [0, 0.1) is 5.92 Å². The second-order valence-corrected chi connectivity index (χ2v) is 7.66. The first-order valence-electron chi connectivity index (χ1n) is 8.30. The Kier molecular flexibility index (Phi) is 3.95. The van der Waals surface area contributed by atoms with Gasteiger partial charge in [0.05, 0.1) is 5.92 Å². The molecule has 2 aromatic rings. The van der Waals surface area contributed by atoms with Gasteiger partial charge < -0.3 is 5.11 Å². The molecule has 4 atom stereocenters. The SMILES string of the molecule is O=C(O)C1CC2CCC(C1c1cccs1)N2Cc1ccccc1. The minimum atomic E-state index is -0.625. The zero-order chi connectivity index (χ0) is 15.8. The van der Waals surface area contributed by atoms with Crippen LogP contribution in [0.25, 0.3) is 0 Å². The van der Waals surface area contributed by atoms with Crippen LogP contribution in [0.3, 0.4) is 0 Å². The lowest BCUT2D eigenvalue weighted by Gasteiger charge is -2.43. The van der Waals surface area contributed by atoms with Crippen molar-refractivity contribution in [3.63, 3.8) is 0 Å². The van der Waals surface area contributed by atoms with Crippen LogP contribution in [0.4, 0.5) is 0 Å². The lowest BCUT2D eigenvalue weighted by Crippen LogP contribution is -2.48. The number of carboxylic acids is 1. The van der Waals surface area contributed by atoms with E-state index in [-0.39, 0.29) is 11.8 Å². The monoisotopic (exact) mass is 327 g/mol. The summed E-state index contributed by atoms with van der Waals surface area (Å²) in [6.07, 6.45) is 3.02. The molecule has 4 rings (SSSR count). The summed E-state index contributed by atoms with van der Waals surface area (Å²) < 4.78 is 0. The molecule has 1 N–H and O–H groups in total. The molecule has 120 valence electrons. The number of hydrogen-bond donors (Lipinski definition) is 1. The van der Waals surface area contributed by atoms with Crippen molar-refractivity contribution in [2.75, 3.05) is 0 Å². The summed E-state index contributed by atoms with van der Waals surface area (Å²) >= 11 is 1.71. The van der Waals surface area contributed by atoms with Crippen LogP contribution in [-0.4, -0.2) is 28.1 Å². The molecule has 4 heteroatoms. The molecule has 3 nitrogen and oxygen atoms in total. The van der Waals surface area contributed by atoms with E-state index in [2.05, 4.69) is 40.6 Å². The first kappa shape index (κ1) is 14.9. The number of carbonyl (C=O) groups is 1. The molecule has 23 heavy (non-hydrogen) atoms. The highest BCUT2D eigenvalue weighted by atomic mass is 32.1. The van der Waals surface area contributed by atoms with Gasteiger partial charge in [-0.15, -0.1) is 11.3 Å². The van der Waals surface area contributed by atoms with Crippen LogP contribution in [0.2, 0.25) is 0 Å². The third kappa shape index (κ3) is 2.70. The van der Waals surface area contributed by atoms with Crippen molar-refractivity contribution in [1.29, 1.82) is 0 Å². The zero-order valence-electron chi connectivity index (χ0n) is 13.0. The van der Waals surface area contributed by atoms with Crippen LogP contribution in [0.5, 0.6) is 0 Å². The zero-order valence-corrected chi connectivity index (χ0v) is 13.8. The molecule has 2 bridgehead atoms. The third-order valence-corrected chi connectivity index (χ3v) is 6.44. The smallest absolute Gasteiger partial charge is 0.307 e. The van der Waals surface area contributed by atoms with E-state index in [0.29, 0.717) is 12.1 Å². The van der Waals surface area contributed by atoms with Gasteiger partial charge in [0.2, 0.25) is 0 Å². The second kappa shape index (κ2) is 6.10. The molecule has 1 aromatic heterocycles. The average molecular weight is 327 g/mol. The van der Waals surface area contributed by atoms with Crippen molar-refractivity contribution < 1.29 is 9.90 Å². The maximum absolute atomic E-state index is 11.8. The van der Waals surface area contributed by atoms with Crippen molar-refractivity contribution in [3.05, 3.63) is 58.3 Å². The number of piperidine rings is 1. The minimum Gasteiger partial charge on any atom is -0.481 e. The lowest BCUT2D eigenvalue weighted by molar-refractivity contribution is -0.145. The number of fused-ring (bicyclic) bond motifs is 2. The Morgan fingerprint density at radius 1 is 1.17 bits per heavy atom. The van der Waals surface area contributed by atoms with E-state index in [1.54, 1.807) is 11.3 Å². The summed E-state index contributed by atoms with van der Waals surface area (Å²) in [7, 11) is 0. The van der Waals surface area contributed by atoms with E-state index in [4.69, 9.17) is 0 Å². The summed E-state index contributed by atoms with van der Waals surface area (Å²) in [4.78, 5) is 15.6. The van der Waals surface area contributed by atoms with E-state index >= 15 is 0 Å². The van der Waals surface area contributed by atoms with E-state index in [9.17, 15) is 9.90 Å². The van der Waals surface area contributed by atoms with Gasteiger partial charge in [0.15, 0.2) is 0 Å². The van der Waals surface area contributed by atoms with Crippen LogP contribution in [-0.2, 0) is 11.3 Å². The van der Waals surface area contributed by atoms with Gasteiger partial charge in [-0.3, -0.25) is 9.69 Å². The molecule has 2 aliphatic heterocycles. The summed E-state index contributed by atoms with van der Waals surface area (Å²) in [5.41, 5.74) is 1.32. The summed E-state index contributed by atoms with van der Waals surface area (Å²) in [5.74, 6) is -0.729. The van der Waals surface area contributed by atoms with Crippen LogP contribution >= 0.6 is 11.3 Å². The Balaban J connectivity index is 1.65. The molecule has 0 spiro atoms. The van der Waals surface area contributed by atoms with Crippen molar-refractivity contribution in [2.24, 2.45) is 5.92 Å². The quantitative estimate of drug-likeness (QED) is 0.924. The molecular formula is C19H21NO2S. The maximum Gasteiger partial charge on any atom is 0.307 e. The summed E-state index contributed by atoms with van der Waals surface area (Å²) in [5, 5.41) is 11.8. The highest BCUT2D eigenvalue weighted by molar-refractivity contribution is 7.10. The molecule has 3 heterocycles. The summed E-state index contributed by atoms with van der Waals surface area (Å²) in [6, 6.07) is 15.5. The number of benzene rings is 1. The molecule has 2 aliphatic rings. The molecule has 0 radical (unpaired) electrons. The Morgan fingerprint density at radius 2 is 2.00 bits per heavy atom. The normalized spacial score (nSPS) is 30.4. The van der Waals surface area contributed by atoms with Crippen molar-refractivity contribution >= 4 is 17.3 Å². The van der Waals surface area contributed by atoms with Gasteiger partial charge in [-0.1, -0.05) is 36.4 Å². The number of nitrogens with zero attached hydrogens (tertiary/aromatic N) is 1. The largest absolute Gasteiger partial charge is 0.481 e. The summed E-state index contributed by atoms with van der Waals surface area (Å²) in [6.45, 7) is 0.935. The number of carboxylic acid groups (broad SMARTS) is 1. The minimum absolute atomic E-state index is 0.134. The van der Waals surface area contributed by atoms with Gasteiger partial charge in [-0.25, -0.2) is 0 Å². The number of thiophene rings is 1. The topological polar surface area (TPSA) is 40.5 Å². The number of hydrogen-bond acceptors (Lipinski definition) is 3. The van der Waals surface area contributed by atoms with Crippen LogP contribution < -0.4 is 0 Å². The van der Waals surface area contributed by atoms with E-state index in [1.807, 2.05) is 12.1 Å². The Labute approximate surface area is 140 Å². The van der Waals surface area contributed by atoms with Gasteiger partial charge >= 0.3 is 5.97 Å². The Bertz CT molecular complexity index is 670. The second-order valence-electron chi connectivity index (χ2n) is 6.68. The maximum atomic E-state index is 11.8. The Hall–Kier alpha value is -1.65.